The molecule has 2 atom stereocenters. The van der Waals surface area contributed by atoms with Crippen LogP contribution in [-0.4, -0.2) is 41.0 Å². The fraction of sp³-hybridized carbons (Fsp3) is 0.591. The van der Waals surface area contributed by atoms with Gasteiger partial charge in [0.05, 0.1) is 6.04 Å². The van der Waals surface area contributed by atoms with Crippen LogP contribution in [-0.2, 0) is 14.3 Å². The predicted octanol–water partition coefficient (Wildman–Crippen LogP) is 3.61. The Kier molecular flexibility index (Phi) is 6.15. The zero-order valence-electron chi connectivity index (χ0n) is 17.7. The predicted molar refractivity (Wildman–Crippen MR) is 110 cm³/mol. The van der Waals surface area contributed by atoms with Gasteiger partial charge in [-0.1, -0.05) is 12.1 Å². The number of carbonyl (C=O) groups is 3. The third kappa shape index (κ3) is 5.71. The van der Waals surface area contributed by atoms with Crippen molar-refractivity contribution in [2.45, 2.75) is 71.1 Å². The van der Waals surface area contributed by atoms with E-state index in [0.29, 0.717) is 13.0 Å². The molecule has 0 spiro atoms. The second-order valence-electron chi connectivity index (χ2n) is 8.95. The third-order valence-corrected chi connectivity index (χ3v) is 5.17. The summed E-state index contributed by atoms with van der Waals surface area (Å²) in [4.78, 5) is 38.6. The van der Waals surface area contributed by atoms with Crippen molar-refractivity contribution in [3.63, 3.8) is 0 Å². The van der Waals surface area contributed by atoms with E-state index in [0.717, 1.165) is 30.5 Å². The van der Waals surface area contributed by atoms with Crippen molar-refractivity contribution in [3.05, 3.63) is 29.8 Å². The minimum absolute atomic E-state index is 0.0718. The van der Waals surface area contributed by atoms with E-state index in [1.165, 1.54) is 4.90 Å². The molecule has 2 aliphatic rings. The molecule has 7 heteroatoms. The number of rotatable bonds is 5. The SMILES string of the molecule is C[C@H](NC(=O)[C@@H]1CCCN1C(=O)OC(C)(C)C)c1ccc(NC(=O)C2CC2)cc1. The van der Waals surface area contributed by atoms with Crippen molar-refractivity contribution in [1.29, 1.82) is 0 Å². The number of ether oxygens (including phenoxy) is 1. The van der Waals surface area contributed by atoms with Crippen molar-refractivity contribution in [2.24, 2.45) is 5.92 Å². The minimum atomic E-state index is -0.593. The van der Waals surface area contributed by atoms with Gasteiger partial charge in [-0.25, -0.2) is 4.79 Å². The van der Waals surface area contributed by atoms with Crippen LogP contribution in [0.25, 0.3) is 0 Å². The van der Waals surface area contributed by atoms with Crippen molar-refractivity contribution >= 4 is 23.6 Å². The number of nitrogens with zero attached hydrogens (tertiary/aromatic N) is 1. The second kappa shape index (κ2) is 8.43. The number of anilines is 1. The van der Waals surface area contributed by atoms with Gasteiger partial charge < -0.3 is 15.4 Å². The van der Waals surface area contributed by atoms with Gasteiger partial charge in [-0.3, -0.25) is 14.5 Å². The molecule has 1 saturated heterocycles. The molecule has 0 bridgehead atoms. The summed E-state index contributed by atoms with van der Waals surface area (Å²) in [6, 6.07) is 6.77. The Morgan fingerprint density at radius 1 is 1.07 bits per heavy atom. The van der Waals surface area contributed by atoms with Gasteiger partial charge >= 0.3 is 6.09 Å². The van der Waals surface area contributed by atoms with Gasteiger partial charge in [0, 0.05) is 18.2 Å². The first-order valence-corrected chi connectivity index (χ1v) is 10.3. The molecule has 1 aliphatic carbocycles. The van der Waals surface area contributed by atoms with Gasteiger partial charge in [-0.05, 0) is 71.1 Å². The fourth-order valence-electron chi connectivity index (χ4n) is 3.42. The summed E-state index contributed by atoms with van der Waals surface area (Å²) in [5, 5.41) is 5.91. The highest BCUT2D eigenvalue weighted by Gasteiger charge is 2.37. The molecule has 2 N–H and O–H groups in total. The van der Waals surface area contributed by atoms with E-state index in [1.807, 2.05) is 52.0 Å². The molecule has 29 heavy (non-hydrogen) atoms. The average molecular weight is 402 g/mol. The molecular formula is C22H31N3O4. The zero-order chi connectivity index (χ0) is 21.2. The monoisotopic (exact) mass is 401 g/mol. The highest BCUT2D eigenvalue weighted by molar-refractivity contribution is 5.94. The molecule has 1 aliphatic heterocycles. The quantitative estimate of drug-likeness (QED) is 0.789. The van der Waals surface area contributed by atoms with Gasteiger partial charge in [0.1, 0.15) is 11.6 Å². The zero-order valence-corrected chi connectivity index (χ0v) is 17.7. The molecule has 7 nitrogen and oxygen atoms in total. The normalized spacial score (nSPS) is 20.1. The lowest BCUT2D eigenvalue weighted by atomic mass is 10.1. The largest absolute Gasteiger partial charge is 0.444 e. The van der Waals surface area contributed by atoms with E-state index in [1.54, 1.807) is 0 Å². The molecule has 1 heterocycles. The van der Waals surface area contributed by atoms with Gasteiger partial charge in [0.25, 0.3) is 0 Å². The molecule has 158 valence electrons. The van der Waals surface area contributed by atoms with Crippen molar-refractivity contribution < 1.29 is 19.1 Å². The summed E-state index contributed by atoms with van der Waals surface area (Å²) in [6.45, 7) is 7.87. The molecule has 3 amide bonds. The third-order valence-electron chi connectivity index (χ3n) is 5.17. The van der Waals surface area contributed by atoms with E-state index in [4.69, 9.17) is 4.74 Å². The molecule has 1 aromatic rings. The van der Waals surface area contributed by atoms with E-state index in [-0.39, 0.29) is 23.8 Å². The highest BCUT2D eigenvalue weighted by atomic mass is 16.6. The molecule has 3 rings (SSSR count). The molecule has 2 fully saturated rings. The van der Waals surface area contributed by atoms with Crippen LogP contribution in [0, 0.1) is 5.92 Å². The molecule has 0 radical (unpaired) electrons. The number of carbonyl (C=O) groups excluding carboxylic acids is 3. The van der Waals surface area contributed by atoms with Gasteiger partial charge in [0.15, 0.2) is 0 Å². The Morgan fingerprint density at radius 3 is 2.31 bits per heavy atom. The smallest absolute Gasteiger partial charge is 0.410 e. The van der Waals surface area contributed by atoms with Crippen molar-refractivity contribution in [3.8, 4) is 0 Å². The maximum absolute atomic E-state index is 12.8. The van der Waals surface area contributed by atoms with Crippen LogP contribution in [0.4, 0.5) is 10.5 Å². The summed E-state index contributed by atoms with van der Waals surface area (Å²) < 4.78 is 5.43. The lowest BCUT2D eigenvalue weighted by molar-refractivity contribution is -0.126. The number of amides is 3. The molecule has 0 unspecified atom stereocenters. The van der Waals surface area contributed by atoms with Crippen LogP contribution < -0.4 is 10.6 Å². The van der Waals surface area contributed by atoms with E-state index >= 15 is 0 Å². The Hall–Kier alpha value is -2.57. The molecule has 1 aromatic carbocycles. The summed E-state index contributed by atoms with van der Waals surface area (Å²) in [6.07, 6.45) is 2.90. The maximum Gasteiger partial charge on any atom is 0.410 e. The molecule has 1 saturated carbocycles. The Balaban J connectivity index is 1.56. The van der Waals surface area contributed by atoms with Crippen LogP contribution in [0.1, 0.15) is 65.0 Å². The maximum atomic E-state index is 12.8. The average Bonchev–Trinajstić information content (AvgIpc) is 3.37. The summed E-state index contributed by atoms with van der Waals surface area (Å²) in [7, 11) is 0. The number of benzene rings is 1. The fourth-order valence-corrected chi connectivity index (χ4v) is 3.42. The lowest BCUT2D eigenvalue weighted by Crippen LogP contribution is -2.48. The van der Waals surface area contributed by atoms with Gasteiger partial charge in [-0.2, -0.15) is 0 Å². The van der Waals surface area contributed by atoms with E-state index in [9.17, 15) is 14.4 Å². The summed E-state index contributed by atoms with van der Waals surface area (Å²) in [5.74, 6) is 0.0572. The van der Waals surface area contributed by atoms with Crippen LogP contribution in [0.15, 0.2) is 24.3 Å². The van der Waals surface area contributed by atoms with Gasteiger partial charge in [-0.15, -0.1) is 0 Å². The standard InChI is InChI=1S/C22H31N3O4/c1-14(15-9-11-17(12-10-15)24-19(26)16-7-8-16)23-20(27)18-6-5-13-25(18)21(28)29-22(2,3)4/h9-12,14,16,18H,5-8,13H2,1-4H3,(H,23,27)(H,24,26)/t14-,18-/m0/s1. The number of hydrogen-bond donors (Lipinski definition) is 2. The van der Waals surface area contributed by atoms with Gasteiger partial charge in [0.2, 0.25) is 11.8 Å². The van der Waals surface area contributed by atoms with Crippen LogP contribution in [0.2, 0.25) is 0 Å². The summed E-state index contributed by atoms with van der Waals surface area (Å²) >= 11 is 0. The number of hydrogen-bond acceptors (Lipinski definition) is 4. The first-order chi connectivity index (χ1) is 13.6. The van der Waals surface area contributed by atoms with Crippen LogP contribution in [0.5, 0.6) is 0 Å². The first kappa shape index (κ1) is 21.1. The Bertz CT molecular complexity index is 765. The number of likely N-dealkylation sites (tertiary alicyclic amines) is 1. The minimum Gasteiger partial charge on any atom is -0.444 e. The summed E-state index contributed by atoms with van der Waals surface area (Å²) in [5.41, 5.74) is 1.10. The topological polar surface area (TPSA) is 87.7 Å². The highest BCUT2D eigenvalue weighted by Crippen LogP contribution is 2.30. The van der Waals surface area contributed by atoms with Crippen molar-refractivity contribution in [2.75, 3.05) is 11.9 Å². The van der Waals surface area contributed by atoms with Crippen LogP contribution >= 0.6 is 0 Å². The second-order valence-corrected chi connectivity index (χ2v) is 8.95. The van der Waals surface area contributed by atoms with Crippen LogP contribution in [0.3, 0.4) is 0 Å². The van der Waals surface area contributed by atoms with E-state index in [2.05, 4.69) is 10.6 Å². The molecule has 0 aromatic heterocycles. The van der Waals surface area contributed by atoms with E-state index < -0.39 is 17.7 Å². The first-order valence-electron chi connectivity index (χ1n) is 10.3. The Labute approximate surface area is 172 Å². The molecular weight excluding hydrogens is 370 g/mol. The number of nitrogens with one attached hydrogen (secondary N) is 2. The lowest BCUT2D eigenvalue weighted by Gasteiger charge is -2.28. The Morgan fingerprint density at radius 2 is 1.72 bits per heavy atom. The van der Waals surface area contributed by atoms with Crippen molar-refractivity contribution in [1.82, 2.24) is 10.2 Å².